The van der Waals surface area contributed by atoms with Crippen molar-refractivity contribution in [1.29, 1.82) is 5.26 Å². The third-order valence-electron chi connectivity index (χ3n) is 8.81. The number of ether oxygens (including phenoxy) is 2. The number of hydrogen-bond donors (Lipinski definition) is 1. The Morgan fingerprint density at radius 3 is 2.87 bits per heavy atom. The van der Waals surface area contributed by atoms with Crippen LogP contribution in [-0.2, 0) is 0 Å². The Kier molecular flexibility index (Phi) is 9.78. The van der Waals surface area contributed by atoms with Crippen molar-refractivity contribution in [1.82, 2.24) is 14.9 Å². The Balaban J connectivity index is 0.00000372. The van der Waals surface area contributed by atoms with Gasteiger partial charge in [0.05, 0.1) is 45.4 Å². The van der Waals surface area contributed by atoms with E-state index < -0.39 is 42.4 Å². The second kappa shape index (κ2) is 13.2. The predicted octanol–water partition coefficient (Wildman–Crippen LogP) is 6.48. The summed E-state index contributed by atoms with van der Waals surface area (Å²) in [5, 5.41) is 10.1. The van der Waals surface area contributed by atoms with Gasteiger partial charge >= 0.3 is 6.01 Å². The van der Waals surface area contributed by atoms with Gasteiger partial charge in [-0.25, -0.2) is 22.0 Å². The number of benzene rings is 2. The number of alkyl halides is 3. The van der Waals surface area contributed by atoms with Crippen molar-refractivity contribution in [2.45, 2.75) is 49.9 Å². The largest absolute Gasteiger partial charge is 0.489 e. The van der Waals surface area contributed by atoms with Crippen LogP contribution < -0.4 is 20.1 Å². The van der Waals surface area contributed by atoms with Crippen molar-refractivity contribution in [3.63, 3.8) is 0 Å². The van der Waals surface area contributed by atoms with E-state index in [0.29, 0.717) is 13.0 Å². The Bertz CT molecular complexity index is 1880. The van der Waals surface area contributed by atoms with Crippen LogP contribution in [0.4, 0.5) is 32.8 Å². The topological polar surface area (TPSA) is 101 Å². The molecule has 0 aliphatic carbocycles. The zero-order valence-electron chi connectivity index (χ0n) is 24.1. The molecule has 240 valence electrons. The summed E-state index contributed by atoms with van der Waals surface area (Å²) < 4.78 is 86.7. The van der Waals surface area contributed by atoms with E-state index in [1.54, 1.807) is 0 Å². The van der Waals surface area contributed by atoms with Gasteiger partial charge in [-0.05, 0) is 58.3 Å². The number of anilines is 2. The summed E-state index contributed by atoms with van der Waals surface area (Å²) in [5.74, 6) is -1.29. The molecule has 0 saturated carbocycles. The molecule has 5 heterocycles. The fourth-order valence-corrected chi connectivity index (χ4v) is 8.63. The van der Waals surface area contributed by atoms with Crippen LogP contribution in [0, 0.1) is 74.3 Å². The number of halogens is 6. The second-order valence-electron chi connectivity index (χ2n) is 11.5. The van der Waals surface area contributed by atoms with Gasteiger partial charge in [0.25, 0.3) is 6.43 Å². The molecule has 46 heavy (non-hydrogen) atoms. The van der Waals surface area contributed by atoms with Crippen molar-refractivity contribution in [2.75, 3.05) is 43.5 Å². The maximum Gasteiger partial charge on any atom is 0.319 e. The van der Waals surface area contributed by atoms with Crippen molar-refractivity contribution >= 4 is 65.7 Å². The third kappa shape index (κ3) is 5.78. The van der Waals surface area contributed by atoms with E-state index in [9.17, 15) is 22.8 Å². The molecule has 2 aromatic carbocycles. The molecule has 2 fully saturated rings. The van der Waals surface area contributed by atoms with Gasteiger partial charge in [0.1, 0.15) is 42.3 Å². The molecule has 3 aliphatic rings. The summed E-state index contributed by atoms with van der Waals surface area (Å²) in [7, 11) is 0. The molecule has 7 rings (SSSR count). The fraction of sp³-hybridized carbons (Fsp3) is 0.433. The van der Waals surface area contributed by atoms with Crippen LogP contribution in [0.2, 0.25) is 0 Å². The molecule has 2 saturated heterocycles. The standard InChI is InChI=1S/C30H25F5IN6O2S.Ce/c31-14-9-30(5-1-7-41(30)10-14)13-44-29-39-25-22-26(43-12-15(4-6-37)42(11-19(33)34)28(22)40-29)24(36)21(23(25)35)16-2-3-18(32)27-17(16)8-20(38)45-27;/h2-3,14-15,19H,1,4-5,7,9-13,38H2;/q-1;/t14-,15?,30+;/m1./s1. The van der Waals surface area contributed by atoms with Crippen molar-refractivity contribution in [3.8, 4) is 29.0 Å². The first kappa shape index (κ1) is 34.0. The average molecular weight is 896 g/mol. The molecule has 0 bridgehead atoms. The molecule has 3 aliphatic heterocycles. The van der Waals surface area contributed by atoms with Gasteiger partial charge < -0.3 is 20.1 Å². The van der Waals surface area contributed by atoms with Crippen LogP contribution >= 0.6 is 33.9 Å². The summed E-state index contributed by atoms with van der Waals surface area (Å²) in [6.45, 7) is 0.0647. The van der Waals surface area contributed by atoms with Crippen molar-refractivity contribution in [3.05, 3.63) is 33.4 Å². The number of aromatic nitrogens is 2. The van der Waals surface area contributed by atoms with E-state index >= 15 is 4.39 Å². The second-order valence-corrected chi connectivity index (χ2v) is 13.6. The first-order valence-corrected chi connectivity index (χ1v) is 16.2. The van der Waals surface area contributed by atoms with Gasteiger partial charge in [0.15, 0.2) is 0 Å². The zero-order chi connectivity index (χ0) is 31.6. The van der Waals surface area contributed by atoms with E-state index in [-0.39, 0.29) is 126 Å². The Labute approximate surface area is 311 Å². The van der Waals surface area contributed by atoms with E-state index in [4.69, 9.17) is 15.2 Å². The van der Waals surface area contributed by atoms with Gasteiger partial charge in [-0.2, -0.15) is 32.0 Å². The number of nitrogens with zero attached hydrogens (tertiary/aromatic N) is 5. The van der Waals surface area contributed by atoms with Gasteiger partial charge in [0.2, 0.25) is 0 Å². The number of hydrogen-bond acceptors (Lipinski definition) is 9. The molecule has 16 heteroatoms. The monoisotopic (exact) mass is 895 g/mol. The molecule has 2 aromatic heterocycles. The smallest absolute Gasteiger partial charge is 0.319 e. The number of rotatable bonds is 7. The summed E-state index contributed by atoms with van der Waals surface area (Å²) in [6.07, 6.45) is -2.17. The molecule has 0 radical (unpaired) electrons. The van der Waals surface area contributed by atoms with E-state index in [1.165, 1.54) is 17.0 Å². The molecular weight excluding hydrogens is 870 g/mol. The molecule has 1 unspecified atom stereocenters. The van der Waals surface area contributed by atoms with Crippen LogP contribution in [0.5, 0.6) is 11.8 Å². The molecular formula is C30H25CeF5IN6O2S-. The summed E-state index contributed by atoms with van der Waals surface area (Å²) in [6, 6.07) is 6.43. The minimum absolute atomic E-state index is 0. The van der Waals surface area contributed by atoms with Gasteiger partial charge in [-0.3, -0.25) is 4.90 Å². The Morgan fingerprint density at radius 1 is 1.30 bits per heavy atom. The van der Waals surface area contributed by atoms with Crippen molar-refractivity contribution < 1.29 is 73.2 Å². The minimum atomic E-state index is -2.82. The van der Waals surface area contributed by atoms with Gasteiger partial charge in [-0.15, -0.1) is 17.7 Å². The van der Waals surface area contributed by atoms with Gasteiger partial charge in [0, 0.05) is 59.7 Å². The first-order valence-electron chi connectivity index (χ1n) is 14.3. The van der Waals surface area contributed by atoms with Crippen LogP contribution in [0.25, 0.3) is 32.1 Å². The molecule has 0 spiro atoms. The van der Waals surface area contributed by atoms with Crippen LogP contribution in [-0.4, -0.2) is 71.9 Å². The number of nitrogens with two attached hydrogens (primary N) is 1. The quantitative estimate of drug-likeness (QED) is 0.128. The fourth-order valence-electron chi connectivity index (χ4n) is 6.88. The maximum atomic E-state index is 16.9. The average Bonchev–Trinajstić information content (AvgIpc) is 3.63. The van der Waals surface area contributed by atoms with E-state index in [1.807, 2.05) is 33.6 Å². The molecule has 8 nitrogen and oxygen atoms in total. The Morgan fingerprint density at radius 2 is 2.11 bits per heavy atom. The number of thiophene rings is 1. The summed E-state index contributed by atoms with van der Waals surface area (Å²) >= 11 is 2.88. The molecule has 4 aromatic rings. The van der Waals surface area contributed by atoms with Crippen LogP contribution in [0.15, 0.2) is 12.1 Å². The maximum absolute atomic E-state index is 16.9. The number of nitriles is 1. The molecule has 3 atom stereocenters. The summed E-state index contributed by atoms with van der Waals surface area (Å²) in [5.41, 5.74) is 5.43. The van der Waals surface area contributed by atoms with E-state index in [0.717, 1.165) is 24.3 Å². The first-order chi connectivity index (χ1) is 21.6. The Hall–Kier alpha value is -1.85. The van der Waals surface area contributed by atoms with Crippen molar-refractivity contribution in [2.24, 2.45) is 0 Å². The SMILES string of the molecule is N#CCC1COc2c(I)c(-c3ccc(F)c4sc(N)[c-]c34)c(F)c3nc(OC[C@@]45CCCN4C[C@H](F)C5)nc(c23)N1CC(F)F.[Ce]. The van der Waals surface area contributed by atoms with Gasteiger partial charge in [-0.1, -0.05) is 0 Å². The zero-order valence-corrected chi connectivity index (χ0v) is 30.2. The van der Waals surface area contributed by atoms with Crippen LogP contribution in [0.1, 0.15) is 25.7 Å². The third-order valence-corrected chi connectivity index (χ3v) is 10.8. The minimum Gasteiger partial charge on any atom is -0.489 e. The number of nitrogen functional groups attached to an aromatic ring is 1. The van der Waals surface area contributed by atoms with E-state index in [2.05, 4.69) is 16.0 Å². The predicted molar refractivity (Wildman–Crippen MR) is 168 cm³/mol. The van der Waals surface area contributed by atoms with Crippen LogP contribution in [0.3, 0.4) is 0 Å². The number of fused-ring (bicyclic) bond motifs is 2. The molecule has 0 amide bonds. The summed E-state index contributed by atoms with van der Waals surface area (Å²) in [4.78, 5) is 12.2. The normalized spacial score (nSPS) is 22.5. The molecule has 2 N–H and O–H groups in total.